The Kier molecular flexibility index (Phi) is 7.48. The lowest BCUT2D eigenvalue weighted by Crippen LogP contribution is -2.52. The summed E-state index contributed by atoms with van der Waals surface area (Å²) in [5.41, 5.74) is 3.27. The highest BCUT2D eigenvalue weighted by molar-refractivity contribution is 5.95. The zero-order valence-corrected chi connectivity index (χ0v) is 17.9. The molecule has 0 aliphatic carbocycles. The quantitative estimate of drug-likeness (QED) is 0.564. The highest BCUT2D eigenvalue weighted by atomic mass is 16.6. The number of amides is 1. The van der Waals surface area contributed by atoms with Gasteiger partial charge in [0.1, 0.15) is 0 Å². The molecule has 1 aliphatic rings. The number of nitrogens with one attached hydrogen (secondary N) is 1. The number of nitrogens with zero attached hydrogens (tertiary/aromatic N) is 3. The first-order valence-corrected chi connectivity index (χ1v) is 10.3. The second kappa shape index (κ2) is 10.5. The fourth-order valence-electron chi connectivity index (χ4n) is 3.22. The summed E-state index contributed by atoms with van der Waals surface area (Å²) >= 11 is 0. The molecule has 2 N–H and O–H groups in total. The fraction of sp³-hybridized carbons (Fsp3) is 0.348. The first kappa shape index (κ1) is 22.1. The second-order valence-corrected chi connectivity index (χ2v) is 7.31. The fourth-order valence-corrected chi connectivity index (χ4v) is 3.22. The molecule has 0 aromatic heterocycles. The van der Waals surface area contributed by atoms with Gasteiger partial charge in [0.25, 0.3) is 0 Å². The van der Waals surface area contributed by atoms with Gasteiger partial charge in [0.15, 0.2) is 5.96 Å². The van der Waals surface area contributed by atoms with E-state index in [1.807, 2.05) is 6.92 Å². The minimum absolute atomic E-state index is 0.228. The van der Waals surface area contributed by atoms with Crippen LogP contribution in [0.3, 0.4) is 0 Å². The van der Waals surface area contributed by atoms with Crippen molar-refractivity contribution in [2.75, 3.05) is 38.1 Å². The monoisotopic (exact) mass is 424 g/mol. The molecule has 2 aromatic carbocycles. The third-order valence-corrected chi connectivity index (χ3v) is 5.03. The molecule has 1 aliphatic heterocycles. The summed E-state index contributed by atoms with van der Waals surface area (Å²) in [5.74, 6) is -0.276. The number of hydrogen-bond donors (Lipinski definition) is 2. The molecule has 0 unspecified atom stereocenters. The minimum atomic E-state index is -0.963. The predicted molar refractivity (Wildman–Crippen MR) is 120 cm³/mol. The molecule has 1 heterocycles. The van der Waals surface area contributed by atoms with Crippen molar-refractivity contribution in [2.24, 2.45) is 4.99 Å². The molecule has 8 heteroatoms. The number of benzene rings is 2. The van der Waals surface area contributed by atoms with E-state index < -0.39 is 5.97 Å². The molecule has 31 heavy (non-hydrogen) atoms. The van der Waals surface area contributed by atoms with Crippen LogP contribution >= 0.6 is 0 Å². The maximum Gasteiger partial charge on any atom is 0.409 e. The Hall–Kier alpha value is -3.55. The van der Waals surface area contributed by atoms with Crippen LogP contribution in [0.2, 0.25) is 0 Å². The third kappa shape index (κ3) is 6.21. The van der Waals surface area contributed by atoms with Crippen LogP contribution in [0.1, 0.15) is 28.4 Å². The van der Waals surface area contributed by atoms with E-state index in [0.717, 1.165) is 11.3 Å². The number of carboxylic acids is 1. The molecule has 1 saturated heterocycles. The minimum Gasteiger partial charge on any atom is -0.478 e. The Morgan fingerprint density at radius 3 is 2.19 bits per heavy atom. The lowest BCUT2D eigenvalue weighted by molar-refractivity contribution is 0.0696. The molecular formula is C23H28N4O4. The highest BCUT2D eigenvalue weighted by Gasteiger charge is 2.24. The van der Waals surface area contributed by atoms with E-state index in [0.29, 0.717) is 45.3 Å². The number of piperazine rings is 1. The number of anilines is 1. The summed E-state index contributed by atoms with van der Waals surface area (Å²) in [6.07, 6.45) is -0.294. The number of carbonyl (C=O) groups is 2. The Morgan fingerprint density at radius 2 is 1.61 bits per heavy atom. The molecule has 0 saturated carbocycles. The summed E-state index contributed by atoms with van der Waals surface area (Å²) in [4.78, 5) is 31.7. The number of aromatic carboxylic acids is 1. The van der Waals surface area contributed by atoms with Crippen LogP contribution in [-0.4, -0.2) is 65.7 Å². The number of hydrogen-bond acceptors (Lipinski definition) is 4. The van der Waals surface area contributed by atoms with E-state index in [-0.39, 0.29) is 11.7 Å². The van der Waals surface area contributed by atoms with Crippen LogP contribution in [0.5, 0.6) is 0 Å². The van der Waals surface area contributed by atoms with E-state index in [2.05, 4.69) is 34.5 Å². The smallest absolute Gasteiger partial charge is 0.409 e. The van der Waals surface area contributed by atoms with Gasteiger partial charge < -0.3 is 25.0 Å². The molecular weight excluding hydrogens is 396 g/mol. The van der Waals surface area contributed by atoms with Gasteiger partial charge in [0, 0.05) is 31.9 Å². The van der Waals surface area contributed by atoms with Gasteiger partial charge in [0.2, 0.25) is 0 Å². The largest absolute Gasteiger partial charge is 0.478 e. The number of aryl methyl sites for hydroxylation is 1. The highest BCUT2D eigenvalue weighted by Crippen LogP contribution is 2.13. The lowest BCUT2D eigenvalue weighted by atomic mass is 10.1. The molecule has 164 valence electrons. The van der Waals surface area contributed by atoms with Crippen LogP contribution in [-0.2, 0) is 11.3 Å². The molecule has 8 nitrogen and oxygen atoms in total. The SMILES string of the molecule is CCOC(=O)N1CCN(C(=NCc2ccc(C)cc2)Nc2ccc(C(=O)O)cc2)CC1. The standard InChI is InChI=1S/C23H28N4O4/c1-3-31-23(30)27-14-12-26(13-15-27)22(24-16-18-6-4-17(2)5-7-18)25-20-10-8-19(9-11-20)21(28)29/h4-11H,3,12-16H2,1-2H3,(H,24,25)(H,28,29). The van der Waals surface area contributed by atoms with Gasteiger partial charge >= 0.3 is 12.1 Å². The molecule has 2 aromatic rings. The average Bonchev–Trinajstić information content (AvgIpc) is 2.78. The predicted octanol–water partition coefficient (Wildman–Crippen LogP) is 3.44. The first-order valence-electron chi connectivity index (χ1n) is 10.3. The van der Waals surface area contributed by atoms with Crippen molar-refractivity contribution in [2.45, 2.75) is 20.4 Å². The summed E-state index contributed by atoms with van der Waals surface area (Å²) in [5, 5.41) is 12.4. The number of carbonyl (C=O) groups excluding carboxylic acids is 1. The average molecular weight is 425 g/mol. The third-order valence-electron chi connectivity index (χ3n) is 5.03. The molecule has 0 radical (unpaired) electrons. The maximum atomic E-state index is 12.0. The second-order valence-electron chi connectivity index (χ2n) is 7.31. The molecule has 0 bridgehead atoms. The Labute approximate surface area is 182 Å². The van der Waals surface area contributed by atoms with Gasteiger partial charge in [-0.2, -0.15) is 0 Å². The van der Waals surface area contributed by atoms with Crippen molar-refractivity contribution in [1.82, 2.24) is 9.80 Å². The van der Waals surface area contributed by atoms with Crippen molar-refractivity contribution < 1.29 is 19.4 Å². The number of guanidine groups is 1. The van der Waals surface area contributed by atoms with Gasteiger partial charge in [-0.1, -0.05) is 29.8 Å². The number of rotatable bonds is 5. The van der Waals surface area contributed by atoms with Crippen LogP contribution in [0.15, 0.2) is 53.5 Å². The van der Waals surface area contributed by atoms with Gasteiger partial charge in [-0.3, -0.25) is 0 Å². The Morgan fingerprint density at radius 1 is 1.00 bits per heavy atom. The molecule has 0 atom stereocenters. The topological polar surface area (TPSA) is 94.5 Å². The molecule has 3 rings (SSSR count). The molecule has 1 amide bonds. The number of ether oxygens (including phenoxy) is 1. The van der Waals surface area contributed by atoms with E-state index in [4.69, 9.17) is 14.8 Å². The van der Waals surface area contributed by atoms with Crippen molar-refractivity contribution in [3.8, 4) is 0 Å². The van der Waals surface area contributed by atoms with Crippen LogP contribution < -0.4 is 5.32 Å². The normalized spacial score (nSPS) is 14.3. The zero-order chi connectivity index (χ0) is 22.2. The molecule has 1 fully saturated rings. The van der Waals surface area contributed by atoms with Crippen molar-refractivity contribution in [3.63, 3.8) is 0 Å². The number of aliphatic imine (C=N–C) groups is 1. The van der Waals surface area contributed by atoms with Crippen LogP contribution in [0.25, 0.3) is 0 Å². The van der Waals surface area contributed by atoms with Crippen molar-refractivity contribution in [1.29, 1.82) is 0 Å². The maximum absolute atomic E-state index is 12.0. The van der Waals surface area contributed by atoms with Crippen LogP contribution in [0, 0.1) is 6.92 Å². The molecule has 0 spiro atoms. The van der Waals surface area contributed by atoms with Gasteiger partial charge in [-0.15, -0.1) is 0 Å². The van der Waals surface area contributed by atoms with Crippen molar-refractivity contribution >= 4 is 23.7 Å². The summed E-state index contributed by atoms with van der Waals surface area (Å²) in [6.45, 7) is 7.03. The summed E-state index contributed by atoms with van der Waals surface area (Å²) in [7, 11) is 0. The van der Waals surface area contributed by atoms with Gasteiger partial charge in [-0.05, 0) is 43.7 Å². The zero-order valence-electron chi connectivity index (χ0n) is 17.9. The summed E-state index contributed by atoms with van der Waals surface area (Å²) < 4.78 is 5.09. The Bertz CT molecular complexity index is 918. The van der Waals surface area contributed by atoms with E-state index in [1.54, 1.807) is 36.1 Å². The van der Waals surface area contributed by atoms with Crippen LogP contribution in [0.4, 0.5) is 10.5 Å². The van der Waals surface area contributed by atoms with E-state index in [1.165, 1.54) is 5.56 Å². The van der Waals surface area contributed by atoms with E-state index in [9.17, 15) is 9.59 Å². The lowest BCUT2D eigenvalue weighted by Gasteiger charge is -2.36. The first-order chi connectivity index (χ1) is 15.0. The van der Waals surface area contributed by atoms with Gasteiger partial charge in [-0.25, -0.2) is 14.6 Å². The Balaban J connectivity index is 1.74. The van der Waals surface area contributed by atoms with Gasteiger partial charge in [0.05, 0.1) is 18.7 Å². The van der Waals surface area contributed by atoms with Crippen molar-refractivity contribution in [3.05, 3.63) is 65.2 Å². The number of carboxylic acid groups (broad SMARTS) is 1. The van der Waals surface area contributed by atoms with E-state index >= 15 is 0 Å². The summed E-state index contributed by atoms with van der Waals surface area (Å²) in [6, 6.07) is 14.8.